The number of aliphatic carboxylic acids is 1. The van der Waals surface area contributed by atoms with E-state index < -0.39 is 41.0 Å². The number of carboxylic acid groups (broad SMARTS) is 1. The molecule has 0 spiro atoms. The molecule has 4 atom stereocenters. The number of nitrogens with one attached hydrogen (secondary N) is 2. The molecule has 1 aromatic carbocycles. The Morgan fingerprint density at radius 1 is 1.00 bits per heavy atom. The smallest absolute Gasteiger partial charge is 0.408 e. The van der Waals surface area contributed by atoms with E-state index in [0.717, 1.165) is 16.4 Å². The van der Waals surface area contributed by atoms with Crippen molar-refractivity contribution in [3.05, 3.63) is 60.2 Å². The maximum atomic E-state index is 13.4. The van der Waals surface area contributed by atoms with E-state index in [-0.39, 0.29) is 17.7 Å². The first-order valence-corrected chi connectivity index (χ1v) is 17.8. The molecule has 2 amide bonds. The fourth-order valence-electron chi connectivity index (χ4n) is 3.72. The van der Waals surface area contributed by atoms with Gasteiger partial charge in [-0.25, -0.2) is 14.4 Å². The molecular formula is C31H46N2O7S3. The second-order valence-corrected chi connectivity index (χ2v) is 14.4. The van der Waals surface area contributed by atoms with Crippen LogP contribution in [0.3, 0.4) is 0 Å². The first kappa shape index (κ1) is 38.5. The fraction of sp³-hybridized carbons (Fsp3) is 0.548. The van der Waals surface area contributed by atoms with Crippen LogP contribution in [0.4, 0.5) is 9.59 Å². The Morgan fingerprint density at radius 3 is 2.21 bits per heavy atom. The summed E-state index contributed by atoms with van der Waals surface area (Å²) < 4.78 is 10.1. The Kier molecular flexibility index (Phi) is 18.2. The molecule has 240 valence electrons. The quantitative estimate of drug-likeness (QED) is 0.0960. The summed E-state index contributed by atoms with van der Waals surface area (Å²) in [6.07, 6.45) is 9.68. The molecule has 0 radical (unpaired) electrons. The molecule has 0 bridgehead atoms. The number of ether oxygens (including phenoxy) is 2. The van der Waals surface area contributed by atoms with Crippen LogP contribution in [0.25, 0.3) is 0 Å². The molecule has 3 N–H and O–H groups in total. The number of thioether (sulfide) groups is 1. The number of carbonyl (C=O) groups is 4. The van der Waals surface area contributed by atoms with Crippen molar-refractivity contribution in [1.29, 1.82) is 0 Å². The lowest BCUT2D eigenvalue weighted by Crippen LogP contribution is -2.44. The summed E-state index contributed by atoms with van der Waals surface area (Å²) >= 11 is 1.53. The van der Waals surface area contributed by atoms with E-state index in [1.165, 1.54) is 29.7 Å². The molecule has 0 fully saturated rings. The van der Waals surface area contributed by atoms with Crippen LogP contribution < -0.4 is 10.6 Å². The number of alkyl carbamates (subject to hydrolysis) is 1. The van der Waals surface area contributed by atoms with Gasteiger partial charge in [-0.3, -0.25) is 4.79 Å². The summed E-state index contributed by atoms with van der Waals surface area (Å²) in [6.45, 7) is 9.44. The molecule has 0 saturated carbocycles. The predicted molar refractivity (Wildman–Crippen MR) is 178 cm³/mol. The van der Waals surface area contributed by atoms with Crippen molar-refractivity contribution in [3.8, 4) is 0 Å². The number of allylic oxidation sites excluding steroid dienone is 2. The van der Waals surface area contributed by atoms with Crippen LogP contribution in [0, 0.1) is 17.8 Å². The molecule has 0 aliphatic heterocycles. The summed E-state index contributed by atoms with van der Waals surface area (Å²) in [6, 6.07) is 8.18. The molecule has 12 heteroatoms. The lowest BCUT2D eigenvalue weighted by molar-refractivity contribution is -0.142. The Bertz CT molecular complexity index is 1070. The molecular weight excluding hydrogens is 609 g/mol. The van der Waals surface area contributed by atoms with Gasteiger partial charge in [0.05, 0.1) is 19.1 Å². The average Bonchev–Trinajstić information content (AvgIpc) is 2.93. The number of amides is 2. The van der Waals surface area contributed by atoms with Gasteiger partial charge in [-0.05, 0) is 63.0 Å². The highest BCUT2D eigenvalue weighted by molar-refractivity contribution is 8.82. The highest BCUT2D eigenvalue weighted by atomic mass is 33.1. The number of benzene rings is 1. The zero-order valence-corrected chi connectivity index (χ0v) is 28.5. The van der Waals surface area contributed by atoms with E-state index in [2.05, 4.69) is 15.4 Å². The third-order valence-corrected chi connectivity index (χ3v) is 8.73. The normalized spacial score (nSPS) is 14.7. The van der Waals surface area contributed by atoms with Crippen LogP contribution in [0.5, 0.6) is 0 Å². The Balaban J connectivity index is 3.20. The second-order valence-electron chi connectivity index (χ2n) is 11.1. The van der Waals surface area contributed by atoms with Crippen molar-refractivity contribution in [2.45, 2.75) is 65.1 Å². The maximum Gasteiger partial charge on any atom is 0.408 e. The van der Waals surface area contributed by atoms with Gasteiger partial charge in [0.2, 0.25) is 5.91 Å². The number of hydrogen-bond acceptors (Lipinski definition) is 9. The van der Waals surface area contributed by atoms with E-state index in [1.54, 1.807) is 20.8 Å². The zero-order valence-electron chi connectivity index (χ0n) is 26.0. The summed E-state index contributed by atoms with van der Waals surface area (Å²) in [4.78, 5) is 49.2. The van der Waals surface area contributed by atoms with Crippen molar-refractivity contribution in [2.75, 3.05) is 24.9 Å². The SMILES string of the molecule is COC(=O)SSC[C@@H](/C=C/[C@H](/C=C/[C@@H](Cc1ccccc1)C(=O)N[C@@H](CCSC)C(=O)O)C(C)C)NC(=O)OC(C)(C)C. The maximum absolute atomic E-state index is 13.4. The van der Waals surface area contributed by atoms with Gasteiger partial charge in [0.15, 0.2) is 0 Å². The van der Waals surface area contributed by atoms with Crippen molar-refractivity contribution < 1.29 is 33.8 Å². The molecule has 0 saturated heterocycles. The van der Waals surface area contributed by atoms with Crippen molar-refractivity contribution in [1.82, 2.24) is 10.6 Å². The zero-order chi connectivity index (χ0) is 32.4. The number of carbonyl (C=O) groups excluding carboxylic acids is 3. The molecule has 0 aliphatic rings. The summed E-state index contributed by atoms with van der Waals surface area (Å²) in [7, 11) is 3.50. The van der Waals surface area contributed by atoms with E-state index >= 15 is 0 Å². The van der Waals surface area contributed by atoms with Gasteiger partial charge >= 0.3 is 17.4 Å². The van der Waals surface area contributed by atoms with Gasteiger partial charge in [0.1, 0.15) is 11.6 Å². The Hall–Kier alpha value is -2.57. The van der Waals surface area contributed by atoms with Gasteiger partial charge in [0, 0.05) is 16.5 Å². The third-order valence-electron chi connectivity index (χ3n) is 6.00. The number of hydrogen-bond donors (Lipinski definition) is 3. The van der Waals surface area contributed by atoms with Crippen molar-refractivity contribution >= 4 is 56.6 Å². The van der Waals surface area contributed by atoms with E-state index in [4.69, 9.17) is 4.74 Å². The molecule has 0 aromatic heterocycles. The van der Waals surface area contributed by atoms with Gasteiger partial charge in [-0.1, -0.05) is 79.3 Å². The molecule has 1 rings (SSSR count). The van der Waals surface area contributed by atoms with Crippen molar-refractivity contribution in [2.24, 2.45) is 17.8 Å². The number of carboxylic acids is 1. The lowest BCUT2D eigenvalue weighted by Gasteiger charge is -2.22. The van der Waals surface area contributed by atoms with Crippen LogP contribution in [0.2, 0.25) is 0 Å². The van der Waals surface area contributed by atoms with Gasteiger partial charge in [-0.2, -0.15) is 11.8 Å². The van der Waals surface area contributed by atoms with Crippen molar-refractivity contribution in [3.63, 3.8) is 0 Å². The third kappa shape index (κ3) is 17.3. The van der Waals surface area contributed by atoms with Gasteiger partial charge in [-0.15, -0.1) is 0 Å². The summed E-state index contributed by atoms with van der Waals surface area (Å²) in [5.41, 5.74) is 0.292. The van der Waals surface area contributed by atoms with E-state index in [1.807, 2.05) is 74.7 Å². The molecule has 0 aliphatic carbocycles. The minimum atomic E-state index is -1.06. The summed E-state index contributed by atoms with van der Waals surface area (Å²) in [5.74, 6) is -0.933. The highest BCUT2D eigenvalue weighted by Crippen LogP contribution is 2.25. The molecule has 0 unspecified atom stereocenters. The minimum absolute atomic E-state index is 0.0981. The Morgan fingerprint density at radius 2 is 1.65 bits per heavy atom. The van der Waals surface area contributed by atoms with Crippen LogP contribution in [-0.2, 0) is 25.5 Å². The number of rotatable bonds is 17. The predicted octanol–water partition coefficient (Wildman–Crippen LogP) is 6.59. The monoisotopic (exact) mass is 654 g/mol. The molecule has 43 heavy (non-hydrogen) atoms. The topological polar surface area (TPSA) is 131 Å². The van der Waals surface area contributed by atoms with E-state index in [9.17, 15) is 24.3 Å². The standard InChI is InChI=1S/C31H46N2O7S3/c1-21(2)23(15-16-25(20-42-43-30(38)39-6)32-29(37)40-31(3,4)5)13-14-24(19-22-11-9-8-10-12-22)27(34)33-26(28(35)36)17-18-41-7/h8-16,21,23-26H,17-20H2,1-7H3,(H,32,37)(H,33,34)(H,35,36)/b14-13+,16-15+/t23-,24-,25+,26-/m0/s1. The number of methoxy groups -OCH3 is 1. The van der Waals surface area contributed by atoms with E-state index in [0.29, 0.717) is 24.3 Å². The van der Waals surface area contributed by atoms with Crippen LogP contribution in [0.15, 0.2) is 54.6 Å². The van der Waals surface area contributed by atoms with Gasteiger partial charge < -0.3 is 25.2 Å². The minimum Gasteiger partial charge on any atom is -0.480 e. The first-order chi connectivity index (χ1) is 20.2. The molecule has 9 nitrogen and oxygen atoms in total. The molecule has 0 heterocycles. The van der Waals surface area contributed by atoms with Crippen LogP contribution >= 0.6 is 33.3 Å². The highest BCUT2D eigenvalue weighted by Gasteiger charge is 2.25. The second kappa shape index (κ2) is 20.4. The Labute approximate surface area is 268 Å². The molecule has 1 aromatic rings. The largest absolute Gasteiger partial charge is 0.480 e. The van der Waals surface area contributed by atoms with Gasteiger partial charge in [0.25, 0.3) is 0 Å². The average molecular weight is 655 g/mol. The first-order valence-electron chi connectivity index (χ1n) is 14.0. The van der Waals surface area contributed by atoms with Crippen LogP contribution in [-0.4, -0.2) is 70.9 Å². The summed E-state index contributed by atoms with van der Waals surface area (Å²) in [5, 5.41) is 14.8. The fourth-order valence-corrected chi connectivity index (χ4v) is 5.90. The van der Waals surface area contributed by atoms with Crippen LogP contribution in [0.1, 0.15) is 46.6 Å². The lowest BCUT2D eigenvalue weighted by atomic mass is 9.90.